The largest absolute Gasteiger partial charge is 0.497 e. The van der Waals surface area contributed by atoms with Gasteiger partial charge in [0.2, 0.25) is 0 Å². The second kappa shape index (κ2) is 36.3. The molecule has 0 unspecified atom stereocenters. The van der Waals surface area contributed by atoms with Crippen LogP contribution in [0, 0.1) is 0 Å². The molecule has 5 rings (SSSR count). The van der Waals surface area contributed by atoms with Gasteiger partial charge in [-0.1, -0.05) is 115 Å². The Morgan fingerprint density at radius 3 is 0.936 bits per heavy atom. The van der Waals surface area contributed by atoms with Crippen LogP contribution in [0.2, 0.25) is 0 Å². The van der Waals surface area contributed by atoms with E-state index in [-0.39, 0.29) is 49.1 Å². The Morgan fingerprint density at radius 2 is 0.628 bits per heavy atom. The van der Waals surface area contributed by atoms with Crippen LogP contribution in [-0.4, -0.2) is 77.7 Å². The molecule has 14 heteroatoms. The number of carbonyl (C=O) groups excluding carboxylic acids is 4. The normalized spacial score (nSPS) is 10.7. The minimum Gasteiger partial charge on any atom is -0.497 e. The van der Waals surface area contributed by atoms with Gasteiger partial charge in [0.25, 0.3) is 0 Å². The van der Waals surface area contributed by atoms with E-state index in [1.807, 2.05) is 0 Å². The Kier molecular flexibility index (Phi) is 28.5. The Hall–Kier alpha value is -7.74. The highest BCUT2D eigenvalue weighted by atomic mass is 16.6. The first-order chi connectivity index (χ1) is 38.2. The third-order valence-corrected chi connectivity index (χ3v) is 12.5. The highest BCUT2D eigenvalue weighted by molar-refractivity contribution is 5.98. The molecule has 78 heavy (non-hydrogen) atoms. The van der Waals surface area contributed by atoms with Crippen LogP contribution in [0.25, 0.3) is 0 Å². The lowest BCUT2D eigenvalue weighted by Gasteiger charge is -2.16. The van der Waals surface area contributed by atoms with Crippen LogP contribution >= 0.6 is 0 Å². The van der Waals surface area contributed by atoms with E-state index in [4.69, 9.17) is 47.4 Å². The predicted octanol–water partition coefficient (Wildman–Crippen LogP) is 14.8. The molecule has 14 nitrogen and oxygen atoms in total. The average Bonchev–Trinajstić information content (AvgIpc) is 3.47. The van der Waals surface area contributed by atoms with E-state index in [0.29, 0.717) is 58.8 Å². The zero-order valence-corrected chi connectivity index (χ0v) is 45.6. The zero-order valence-electron chi connectivity index (χ0n) is 45.6. The van der Waals surface area contributed by atoms with Gasteiger partial charge >= 0.3 is 23.9 Å². The maximum Gasteiger partial charge on any atom is 0.343 e. The number of carbonyl (C=O) groups is 4. The quantitative estimate of drug-likeness (QED) is 0.0158. The van der Waals surface area contributed by atoms with Crippen molar-refractivity contribution in [3.8, 4) is 46.0 Å². The number of hydrogen-bond acceptors (Lipinski definition) is 14. The van der Waals surface area contributed by atoms with Crippen molar-refractivity contribution < 1.29 is 66.5 Å². The van der Waals surface area contributed by atoms with E-state index in [1.54, 1.807) is 123 Å². The predicted molar refractivity (Wildman–Crippen MR) is 301 cm³/mol. The van der Waals surface area contributed by atoms with Gasteiger partial charge in [-0.05, 0) is 135 Å². The number of benzene rings is 5. The first-order valence-electron chi connectivity index (χ1n) is 27.4. The smallest absolute Gasteiger partial charge is 0.343 e. The monoisotopic (exact) mass is 1070 g/mol. The van der Waals surface area contributed by atoms with E-state index in [2.05, 4.69) is 13.2 Å². The minimum absolute atomic E-state index is 0.122. The summed E-state index contributed by atoms with van der Waals surface area (Å²) in [6.07, 6.45) is 21.6. The average molecular weight is 1070 g/mol. The van der Waals surface area contributed by atoms with Crippen molar-refractivity contribution in [2.24, 2.45) is 0 Å². The molecule has 0 amide bonds. The molecular formula is C64H78O14. The Labute approximate surface area is 460 Å². The molecule has 0 aliphatic carbocycles. The lowest BCUT2D eigenvalue weighted by atomic mass is 10.1. The molecule has 0 N–H and O–H groups in total. The van der Waals surface area contributed by atoms with Gasteiger partial charge in [0, 0.05) is 0 Å². The number of hydrogen-bond donors (Lipinski definition) is 0. The summed E-state index contributed by atoms with van der Waals surface area (Å²) in [6.45, 7) is 9.43. The molecule has 0 aliphatic rings. The van der Waals surface area contributed by atoms with E-state index < -0.39 is 23.9 Å². The maximum absolute atomic E-state index is 13.4. The molecule has 0 atom stereocenters. The molecule has 0 saturated heterocycles. The van der Waals surface area contributed by atoms with Crippen LogP contribution in [0.4, 0.5) is 0 Å². The van der Waals surface area contributed by atoms with Crippen molar-refractivity contribution in [1.82, 2.24) is 0 Å². The Balaban J connectivity index is 0.880. The number of unbranched alkanes of at least 4 members (excludes halogenated alkanes) is 16. The summed E-state index contributed by atoms with van der Waals surface area (Å²) in [6, 6.07) is 30.6. The van der Waals surface area contributed by atoms with Crippen molar-refractivity contribution >= 4 is 23.9 Å². The van der Waals surface area contributed by atoms with Gasteiger partial charge in [0.1, 0.15) is 70.3 Å². The van der Waals surface area contributed by atoms with Crippen molar-refractivity contribution in [1.29, 1.82) is 0 Å². The molecule has 0 aliphatic heterocycles. The zero-order chi connectivity index (χ0) is 55.4. The van der Waals surface area contributed by atoms with Gasteiger partial charge in [0.15, 0.2) is 0 Å². The van der Waals surface area contributed by atoms with E-state index in [1.165, 1.54) is 12.1 Å². The number of rotatable bonds is 40. The third kappa shape index (κ3) is 22.8. The van der Waals surface area contributed by atoms with Crippen LogP contribution in [0.15, 0.2) is 135 Å². The molecule has 0 bridgehead atoms. The van der Waals surface area contributed by atoms with Gasteiger partial charge in [-0.25, -0.2) is 19.2 Å². The van der Waals surface area contributed by atoms with Crippen molar-refractivity contribution in [3.63, 3.8) is 0 Å². The van der Waals surface area contributed by atoms with Gasteiger partial charge in [-0.2, -0.15) is 0 Å². The second-order valence-electron chi connectivity index (χ2n) is 18.6. The minimum atomic E-state index is -0.565. The van der Waals surface area contributed by atoms with E-state index in [9.17, 15) is 19.2 Å². The standard InChI is InChI=1S/C64H78O14/c1-5-41-73-59-47-58(64(68)76-46-24-20-16-12-8-10-14-18-22-44-72-54-31-27-50(28-32-54)62(66)78-56-39-35-52(70-4)36-40-56)60(74-42-6-2)48-57(59)63(67)75-45-23-19-15-11-7-9-13-17-21-43-71-53-29-25-49(26-30-53)61(65)77-55-37-33-51(69-3)34-38-55/h5-6,25-40,47-48H,1-2,7-24,41-46H2,3-4H3. The molecule has 0 spiro atoms. The molecule has 0 fully saturated rings. The van der Waals surface area contributed by atoms with E-state index >= 15 is 0 Å². The fourth-order valence-electron chi connectivity index (χ4n) is 8.16. The number of ether oxygens (including phenoxy) is 10. The van der Waals surface area contributed by atoms with Crippen LogP contribution in [0.1, 0.15) is 157 Å². The first kappa shape index (κ1) is 61.1. The molecular weight excluding hydrogens is 993 g/mol. The van der Waals surface area contributed by atoms with Crippen LogP contribution in [0.5, 0.6) is 46.0 Å². The fourth-order valence-corrected chi connectivity index (χ4v) is 8.16. The second-order valence-corrected chi connectivity index (χ2v) is 18.6. The van der Waals surface area contributed by atoms with Gasteiger partial charge in [-0.3, -0.25) is 0 Å². The third-order valence-electron chi connectivity index (χ3n) is 12.5. The topological polar surface area (TPSA) is 161 Å². The van der Waals surface area contributed by atoms with Crippen LogP contribution in [0.3, 0.4) is 0 Å². The summed E-state index contributed by atoms with van der Waals surface area (Å²) in [5, 5.41) is 0. The number of methoxy groups -OCH3 is 2. The Morgan fingerprint density at radius 1 is 0.346 bits per heavy atom. The summed E-state index contributed by atoms with van der Waals surface area (Å²) in [4.78, 5) is 51.7. The molecule has 5 aromatic carbocycles. The van der Waals surface area contributed by atoms with Crippen LogP contribution in [-0.2, 0) is 9.47 Å². The van der Waals surface area contributed by atoms with Crippen molar-refractivity contribution in [3.05, 3.63) is 157 Å². The number of esters is 4. The lowest BCUT2D eigenvalue weighted by molar-refractivity contribution is 0.0475. The summed E-state index contributed by atoms with van der Waals surface area (Å²) in [5.41, 5.74) is 1.20. The summed E-state index contributed by atoms with van der Waals surface area (Å²) in [7, 11) is 3.16. The van der Waals surface area contributed by atoms with Crippen molar-refractivity contribution in [2.45, 2.75) is 116 Å². The molecule has 0 saturated carbocycles. The van der Waals surface area contributed by atoms with Gasteiger partial charge in [-0.15, -0.1) is 0 Å². The molecule has 0 heterocycles. The van der Waals surface area contributed by atoms with Gasteiger partial charge < -0.3 is 47.4 Å². The molecule has 418 valence electrons. The van der Waals surface area contributed by atoms with Crippen LogP contribution < -0.4 is 37.9 Å². The lowest BCUT2D eigenvalue weighted by Crippen LogP contribution is -2.14. The first-order valence-corrected chi connectivity index (χ1v) is 27.4. The highest BCUT2D eigenvalue weighted by Gasteiger charge is 2.24. The highest BCUT2D eigenvalue weighted by Crippen LogP contribution is 2.32. The fraction of sp³-hybridized carbons (Fsp3) is 0.406. The summed E-state index contributed by atoms with van der Waals surface area (Å²) >= 11 is 0. The Bertz CT molecular complexity index is 2380. The molecule has 0 aromatic heterocycles. The SMILES string of the molecule is C=CCOc1cc(C(=O)OCCCCCCCCCCCOc2ccc(C(=O)Oc3ccc(OC)cc3)cc2)c(OCC=C)cc1C(=O)OCCCCCCCCCCCOc1ccc(C(=O)Oc2ccc(OC)cc2)cc1. The van der Waals surface area contributed by atoms with Crippen molar-refractivity contribution in [2.75, 3.05) is 53.9 Å². The molecule has 0 radical (unpaired) electrons. The summed E-state index contributed by atoms with van der Waals surface area (Å²) in [5.74, 6) is 2.07. The van der Waals surface area contributed by atoms with E-state index in [0.717, 1.165) is 116 Å². The maximum atomic E-state index is 13.4. The summed E-state index contributed by atoms with van der Waals surface area (Å²) < 4.78 is 55.9. The van der Waals surface area contributed by atoms with Gasteiger partial charge in [0.05, 0.1) is 51.8 Å². The molecule has 5 aromatic rings.